The first kappa shape index (κ1) is 19.6. The lowest BCUT2D eigenvalue weighted by Gasteiger charge is -2.43. The molecule has 1 heterocycles. The highest BCUT2D eigenvalue weighted by Crippen LogP contribution is 2.67. The lowest BCUT2D eigenvalue weighted by molar-refractivity contribution is -0.163. The summed E-state index contributed by atoms with van der Waals surface area (Å²) < 4.78 is 16.4. The summed E-state index contributed by atoms with van der Waals surface area (Å²) >= 11 is 4.53. The Morgan fingerprint density at radius 2 is 2.08 bits per heavy atom. The number of hydrogen-bond donors (Lipinski definition) is 0. The van der Waals surface area contributed by atoms with E-state index >= 15 is 0 Å². The van der Waals surface area contributed by atoms with Gasteiger partial charge in [0.25, 0.3) is 5.24 Å². The zero-order valence-corrected chi connectivity index (χ0v) is 17.5. The topological polar surface area (TPSA) is 65.1 Å². The number of carbonyl (C=O) groups is 2. The SMILES string of the molecule is COCCO[C@@H]1C[C@H]2CC[C@]1(C(=O)N1C(=O)S[C@@H](Br)[C@@H]1OC)C2(C)C. The summed E-state index contributed by atoms with van der Waals surface area (Å²) in [5.74, 6) is 0.279. The van der Waals surface area contributed by atoms with E-state index in [0.29, 0.717) is 19.1 Å². The van der Waals surface area contributed by atoms with Gasteiger partial charge in [0.2, 0.25) is 5.91 Å². The molecule has 0 unspecified atom stereocenters. The van der Waals surface area contributed by atoms with Gasteiger partial charge in [-0.15, -0.1) is 0 Å². The molecule has 1 saturated heterocycles. The predicted molar refractivity (Wildman–Crippen MR) is 98.5 cm³/mol. The maximum absolute atomic E-state index is 13.7. The van der Waals surface area contributed by atoms with Crippen LogP contribution in [0.3, 0.4) is 0 Å². The number of fused-ring (bicyclic) bond motifs is 2. The third-order valence-electron chi connectivity index (χ3n) is 6.44. The molecule has 0 N–H and O–H groups in total. The van der Waals surface area contributed by atoms with Crippen LogP contribution in [0.15, 0.2) is 0 Å². The maximum Gasteiger partial charge on any atom is 0.291 e. The van der Waals surface area contributed by atoms with Gasteiger partial charge in [-0.1, -0.05) is 29.8 Å². The Labute approximate surface area is 161 Å². The van der Waals surface area contributed by atoms with Crippen LogP contribution >= 0.6 is 27.7 Å². The number of alkyl halides is 1. The second-order valence-electron chi connectivity index (χ2n) is 7.55. The fourth-order valence-electron chi connectivity index (χ4n) is 4.96. The molecule has 1 aliphatic heterocycles. The summed E-state index contributed by atoms with van der Waals surface area (Å²) in [5, 5.41) is -0.255. The Hall–Kier alpha value is -0.150. The molecule has 3 rings (SSSR count). The molecule has 3 fully saturated rings. The van der Waals surface area contributed by atoms with Crippen molar-refractivity contribution in [3.63, 3.8) is 0 Å². The van der Waals surface area contributed by atoms with Crippen molar-refractivity contribution in [2.24, 2.45) is 16.7 Å². The third kappa shape index (κ3) is 2.79. The molecule has 142 valence electrons. The molecule has 2 saturated carbocycles. The monoisotopic (exact) mass is 435 g/mol. The van der Waals surface area contributed by atoms with Crippen molar-refractivity contribution in [1.82, 2.24) is 4.90 Å². The highest BCUT2D eigenvalue weighted by Gasteiger charge is 2.70. The van der Waals surface area contributed by atoms with E-state index in [1.807, 2.05) is 0 Å². The molecule has 0 radical (unpaired) electrons. The van der Waals surface area contributed by atoms with E-state index in [0.717, 1.165) is 31.0 Å². The number of carbonyl (C=O) groups excluding carboxylic acids is 2. The largest absolute Gasteiger partial charge is 0.382 e. The quantitative estimate of drug-likeness (QED) is 0.471. The summed E-state index contributed by atoms with van der Waals surface area (Å²) in [6.45, 7) is 5.23. The molecular weight excluding hydrogens is 410 g/mol. The Morgan fingerprint density at radius 3 is 2.68 bits per heavy atom. The minimum absolute atomic E-state index is 0.147. The third-order valence-corrected chi connectivity index (χ3v) is 8.31. The number of methoxy groups -OCH3 is 2. The molecule has 8 heteroatoms. The van der Waals surface area contributed by atoms with Crippen molar-refractivity contribution in [2.75, 3.05) is 27.4 Å². The lowest BCUT2D eigenvalue weighted by Crippen LogP contribution is -2.56. The van der Waals surface area contributed by atoms with Gasteiger partial charge in [0.05, 0.1) is 24.7 Å². The predicted octanol–water partition coefficient (Wildman–Crippen LogP) is 3.23. The number of halogens is 1. The summed E-state index contributed by atoms with van der Waals surface area (Å²) in [5.41, 5.74) is -0.898. The number of ether oxygens (including phenoxy) is 3. The smallest absolute Gasteiger partial charge is 0.291 e. The van der Waals surface area contributed by atoms with Gasteiger partial charge in [-0.05, 0) is 42.4 Å². The first-order valence-corrected chi connectivity index (χ1v) is 10.4. The van der Waals surface area contributed by atoms with Gasteiger partial charge in [-0.2, -0.15) is 0 Å². The molecule has 0 aromatic heterocycles. The number of imide groups is 1. The summed E-state index contributed by atoms with van der Waals surface area (Å²) in [4.78, 5) is 27.5. The summed E-state index contributed by atoms with van der Waals surface area (Å²) in [7, 11) is 3.16. The second kappa shape index (κ2) is 7.11. The van der Waals surface area contributed by atoms with E-state index < -0.39 is 11.6 Å². The molecule has 2 amide bonds. The van der Waals surface area contributed by atoms with Gasteiger partial charge < -0.3 is 14.2 Å². The van der Waals surface area contributed by atoms with Crippen LogP contribution in [0.25, 0.3) is 0 Å². The van der Waals surface area contributed by atoms with Crippen molar-refractivity contribution in [3.8, 4) is 0 Å². The Bertz CT molecular complexity index is 559. The van der Waals surface area contributed by atoms with Gasteiger partial charge in [0.15, 0.2) is 6.23 Å². The average Bonchev–Trinajstić information content (AvgIpc) is 3.08. The van der Waals surface area contributed by atoms with Gasteiger partial charge in [-0.3, -0.25) is 9.59 Å². The molecule has 2 bridgehead atoms. The fourth-order valence-corrected chi connectivity index (χ4v) is 6.73. The number of nitrogens with zero attached hydrogens (tertiary/aromatic N) is 1. The summed E-state index contributed by atoms with van der Waals surface area (Å²) in [6, 6.07) is 0. The molecule has 2 aliphatic carbocycles. The van der Waals surface area contributed by atoms with Crippen molar-refractivity contribution in [3.05, 3.63) is 0 Å². The van der Waals surface area contributed by atoms with E-state index in [4.69, 9.17) is 14.2 Å². The van der Waals surface area contributed by atoms with E-state index in [9.17, 15) is 9.59 Å². The average molecular weight is 436 g/mol. The molecule has 0 aromatic rings. The Kier molecular flexibility index (Phi) is 5.58. The zero-order chi connectivity index (χ0) is 18.4. The molecule has 25 heavy (non-hydrogen) atoms. The van der Waals surface area contributed by atoms with Gasteiger partial charge >= 0.3 is 0 Å². The van der Waals surface area contributed by atoms with Gasteiger partial charge in [0, 0.05) is 14.2 Å². The highest BCUT2D eigenvalue weighted by molar-refractivity contribution is 9.11. The minimum atomic E-state index is -0.685. The van der Waals surface area contributed by atoms with Crippen molar-refractivity contribution in [1.29, 1.82) is 0 Å². The van der Waals surface area contributed by atoms with Crippen molar-refractivity contribution < 1.29 is 23.8 Å². The van der Waals surface area contributed by atoms with Gasteiger partial charge in [0.1, 0.15) is 4.16 Å². The van der Waals surface area contributed by atoms with Crippen molar-refractivity contribution >= 4 is 38.8 Å². The van der Waals surface area contributed by atoms with E-state index in [1.54, 1.807) is 7.11 Å². The summed E-state index contributed by atoms with van der Waals surface area (Å²) in [6.07, 6.45) is 1.82. The van der Waals surface area contributed by atoms with E-state index in [-0.39, 0.29) is 26.8 Å². The normalized spacial score (nSPS) is 39.4. The van der Waals surface area contributed by atoms with E-state index in [1.165, 1.54) is 12.0 Å². The number of thioether (sulfide) groups is 1. The number of hydrogen-bond acceptors (Lipinski definition) is 6. The molecule has 0 spiro atoms. The maximum atomic E-state index is 13.7. The molecule has 6 nitrogen and oxygen atoms in total. The lowest BCUT2D eigenvalue weighted by atomic mass is 9.67. The standard InChI is InChI=1S/C17H26BrNO5S/c1-16(2)10-5-6-17(16,11(9-10)24-8-7-22-3)14(20)19-13(23-4)12(18)25-15(19)21/h10-13H,5-9H2,1-4H3/t10-,11-,12-,13+,17+/m1/s1. The van der Waals surface area contributed by atoms with Crippen LogP contribution in [0.2, 0.25) is 0 Å². The highest BCUT2D eigenvalue weighted by atomic mass is 79.9. The van der Waals surface area contributed by atoms with Crippen LogP contribution in [0.1, 0.15) is 33.1 Å². The van der Waals surface area contributed by atoms with Crippen LogP contribution in [0.5, 0.6) is 0 Å². The van der Waals surface area contributed by atoms with Crippen LogP contribution in [-0.4, -0.2) is 60.0 Å². The van der Waals surface area contributed by atoms with Crippen LogP contribution < -0.4 is 0 Å². The van der Waals surface area contributed by atoms with Crippen LogP contribution in [0, 0.1) is 16.7 Å². The Morgan fingerprint density at radius 1 is 1.36 bits per heavy atom. The molecule has 5 atom stereocenters. The minimum Gasteiger partial charge on any atom is -0.382 e. The first-order chi connectivity index (χ1) is 11.8. The fraction of sp³-hybridized carbons (Fsp3) is 0.882. The molecular formula is C17H26BrNO5S. The Balaban J connectivity index is 1.92. The molecule has 3 aliphatic rings. The number of amides is 2. The van der Waals surface area contributed by atoms with Crippen LogP contribution in [0.4, 0.5) is 4.79 Å². The van der Waals surface area contributed by atoms with Gasteiger partial charge in [-0.25, -0.2) is 4.90 Å². The first-order valence-electron chi connectivity index (χ1n) is 8.63. The number of rotatable bonds is 6. The van der Waals surface area contributed by atoms with E-state index in [2.05, 4.69) is 29.8 Å². The second-order valence-corrected chi connectivity index (χ2v) is 10.2. The molecule has 0 aromatic carbocycles. The zero-order valence-electron chi connectivity index (χ0n) is 15.1. The van der Waals surface area contributed by atoms with Crippen molar-refractivity contribution in [2.45, 2.75) is 49.6 Å². The van der Waals surface area contributed by atoms with Crippen LogP contribution in [-0.2, 0) is 19.0 Å².